The first-order valence-corrected chi connectivity index (χ1v) is 11.3. The Morgan fingerprint density at radius 2 is 1.36 bits per heavy atom. The second-order valence-corrected chi connectivity index (χ2v) is 10.6. The van der Waals surface area contributed by atoms with Gasteiger partial charge in [-0.2, -0.15) is 0 Å². The van der Waals surface area contributed by atoms with Gasteiger partial charge in [-0.25, -0.2) is 21.1 Å². The minimum Gasteiger partial charge on any atom is -0.342 e. The van der Waals surface area contributed by atoms with Gasteiger partial charge in [0.25, 0.3) is 0 Å². The minimum absolute atomic E-state index is 0.0418. The lowest BCUT2D eigenvalue weighted by atomic mass is 9.95. The second kappa shape index (κ2) is 6.45. The van der Waals surface area contributed by atoms with Crippen molar-refractivity contribution in [2.75, 3.05) is 38.7 Å². The van der Waals surface area contributed by atoms with Crippen molar-refractivity contribution < 1.29 is 21.6 Å². The van der Waals surface area contributed by atoms with Crippen LogP contribution in [0.4, 0.5) is 0 Å². The summed E-state index contributed by atoms with van der Waals surface area (Å²) in [6, 6.07) is 0. The van der Waals surface area contributed by atoms with Crippen LogP contribution in [0.5, 0.6) is 0 Å². The minimum atomic E-state index is -3.18. The van der Waals surface area contributed by atoms with Crippen molar-refractivity contribution in [2.45, 2.75) is 30.9 Å². The molecule has 2 aliphatic rings. The first-order chi connectivity index (χ1) is 10.1. The van der Waals surface area contributed by atoms with E-state index < -0.39 is 19.9 Å². The molecule has 128 valence electrons. The predicted molar refractivity (Wildman–Crippen MR) is 83.6 cm³/mol. The molecule has 7 nitrogen and oxygen atoms in total. The van der Waals surface area contributed by atoms with Crippen molar-refractivity contribution in [3.05, 3.63) is 0 Å². The predicted octanol–water partition coefficient (Wildman–Crippen LogP) is -0.306. The highest BCUT2D eigenvalue weighted by molar-refractivity contribution is 7.91. The summed E-state index contributed by atoms with van der Waals surface area (Å²) in [7, 11) is -6.22. The van der Waals surface area contributed by atoms with Gasteiger partial charge in [0.1, 0.15) is 9.84 Å². The number of sulfonamides is 1. The monoisotopic (exact) mass is 352 g/mol. The summed E-state index contributed by atoms with van der Waals surface area (Å²) in [5, 5.41) is -0.344. The van der Waals surface area contributed by atoms with Gasteiger partial charge in [-0.05, 0) is 25.7 Å². The van der Waals surface area contributed by atoms with E-state index in [9.17, 15) is 21.6 Å². The van der Waals surface area contributed by atoms with E-state index in [0.717, 1.165) is 0 Å². The molecule has 0 unspecified atom stereocenters. The Balaban J connectivity index is 1.87. The van der Waals surface area contributed by atoms with Crippen molar-refractivity contribution in [1.29, 1.82) is 0 Å². The van der Waals surface area contributed by atoms with Crippen molar-refractivity contribution >= 4 is 25.8 Å². The summed E-state index contributed by atoms with van der Waals surface area (Å²) >= 11 is 0. The molecule has 0 aromatic rings. The maximum atomic E-state index is 12.5. The molecule has 22 heavy (non-hydrogen) atoms. The lowest BCUT2D eigenvalue weighted by molar-refractivity contribution is -0.137. The molecule has 2 fully saturated rings. The Morgan fingerprint density at radius 1 is 0.864 bits per heavy atom. The van der Waals surface area contributed by atoms with Gasteiger partial charge in [-0.1, -0.05) is 0 Å². The molecule has 0 aromatic heterocycles. The van der Waals surface area contributed by atoms with E-state index in [2.05, 4.69) is 0 Å². The second-order valence-electron chi connectivity index (χ2n) is 6.29. The summed E-state index contributed by atoms with van der Waals surface area (Å²) in [6.45, 7) is 1.72. The first kappa shape index (κ1) is 17.7. The molecular formula is C13H24N2O5S2. The lowest BCUT2D eigenvalue weighted by Crippen LogP contribution is -2.47. The van der Waals surface area contributed by atoms with E-state index in [1.165, 1.54) is 16.8 Å². The number of carbonyl (C=O) groups excluding carboxylic acids is 1. The van der Waals surface area contributed by atoms with Crippen LogP contribution in [-0.4, -0.2) is 75.9 Å². The topological polar surface area (TPSA) is 91.8 Å². The van der Waals surface area contributed by atoms with Gasteiger partial charge in [0, 0.05) is 38.4 Å². The van der Waals surface area contributed by atoms with E-state index >= 15 is 0 Å². The Bertz CT molecular complexity index is 559. The number of nitrogens with zero attached hydrogens (tertiary/aromatic N) is 2. The third-order valence-electron chi connectivity index (χ3n) is 4.63. The van der Waals surface area contributed by atoms with Gasteiger partial charge in [-0.15, -0.1) is 0 Å². The third-order valence-corrected chi connectivity index (χ3v) is 7.62. The zero-order chi connectivity index (χ0) is 16.5. The molecule has 1 amide bonds. The molecule has 2 heterocycles. The average Bonchev–Trinajstić information content (AvgIpc) is 2.45. The van der Waals surface area contributed by atoms with Crippen LogP contribution >= 0.6 is 0 Å². The fourth-order valence-corrected chi connectivity index (χ4v) is 5.14. The number of piperidine rings is 2. The maximum absolute atomic E-state index is 12.5. The Hall–Kier alpha value is -0.670. The molecule has 0 spiro atoms. The average molecular weight is 352 g/mol. The van der Waals surface area contributed by atoms with E-state index in [1.54, 1.807) is 4.90 Å². The summed E-state index contributed by atoms with van der Waals surface area (Å²) < 4.78 is 47.4. The molecule has 0 saturated carbocycles. The number of likely N-dealkylation sites (tertiary alicyclic amines) is 1. The van der Waals surface area contributed by atoms with Gasteiger partial charge in [0.15, 0.2) is 0 Å². The van der Waals surface area contributed by atoms with Crippen molar-refractivity contribution in [2.24, 2.45) is 5.92 Å². The highest BCUT2D eigenvalue weighted by Crippen LogP contribution is 2.24. The number of hydrogen-bond acceptors (Lipinski definition) is 5. The zero-order valence-corrected chi connectivity index (χ0v) is 14.7. The molecular weight excluding hydrogens is 328 g/mol. The van der Waals surface area contributed by atoms with Crippen LogP contribution in [-0.2, 0) is 24.7 Å². The highest BCUT2D eigenvalue weighted by Gasteiger charge is 2.34. The lowest BCUT2D eigenvalue weighted by Gasteiger charge is -2.36. The number of carbonyl (C=O) groups is 1. The highest BCUT2D eigenvalue weighted by atomic mass is 32.2. The molecule has 2 saturated heterocycles. The van der Waals surface area contributed by atoms with Crippen LogP contribution in [0.1, 0.15) is 25.7 Å². The normalized spacial score (nSPS) is 23.6. The summed E-state index contributed by atoms with van der Waals surface area (Å²) in [6.07, 6.45) is 4.50. The Kier molecular flexibility index (Phi) is 5.18. The van der Waals surface area contributed by atoms with Crippen LogP contribution in [0.3, 0.4) is 0 Å². The summed E-state index contributed by atoms with van der Waals surface area (Å²) in [5.74, 6) is -0.104. The van der Waals surface area contributed by atoms with Crippen molar-refractivity contribution in [1.82, 2.24) is 9.21 Å². The number of hydrogen-bond donors (Lipinski definition) is 0. The summed E-state index contributed by atoms with van der Waals surface area (Å²) in [4.78, 5) is 14.2. The maximum Gasteiger partial charge on any atom is 0.225 e. The third kappa shape index (κ3) is 4.20. The fourth-order valence-electron chi connectivity index (χ4n) is 3.20. The first-order valence-electron chi connectivity index (χ1n) is 7.52. The van der Waals surface area contributed by atoms with Gasteiger partial charge in [-0.3, -0.25) is 4.79 Å². The SMILES string of the molecule is CS(=O)(=O)C1CCN(C(=O)C2CCN(S(C)(=O)=O)CC2)CC1. The molecule has 2 aliphatic heterocycles. The van der Waals surface area contributed by atoms with Gasteiger partial charge >= 0.3 is 0 Å². The molecule has 0 aliphatic carbocycles. The van der Waals surface area contributed by atoms with E-state index in [4.69, 9.17) is 0 Å². The van der Waals surface area contributed by atoms with E-state index in [-0.39, 0.29) is 17.1 Å². The van der Waals surface area contributed by atoms with Gasteiger partial charge in [0.05, 0.1) is 11.5 Å². The summed E-state index contributed by atoms with van der Waals surface area (Å²) in [5.41, 5.74) is 0. The van der Waals surface area contributed by atoms with E-state index in [0.29, 0.717) is 51.9 Å². The van der Waals surface area contributed by atoms with Crippen molar-refractivity contribution in [3.63, 3.8) is 0 Å². The van der Waals surface area contributed by atoms with Gasteiger partial charge in [0.2, 0.25) is 15.9 Å². The molecule has 0 aromatic carbocycles. The van der Waals surface area contributed by atoms with Crippen molar-refractivity contribution in [3.8, 4) is 0 Å². The van der Waals surface area contributed by atoms with Crippen LogP contribution < -0.4 is 0 Å². The van der Waals surface area contributed by atoms with E-state index in [1.807, 2.05) is 0 Å². The molecule has 2 rings (SSSR count). The molecule has 0 N–H and O–H groups in total. The molecule has 0 radical (unpaired) electrons. The fraction of sp³-hybridized carbons (Fsp3) is 0.923. The van der Waals surface area contributed by atoms with Crippen LogP contribution in [0.25, 0.3) is 0 Å². The number of amides is 1. The van der Waals surface area contributed by atoms with Crippen LogP contribution in [0.2, 0.25) is 0 Å². The van der Waals surface area contributed by atoms with Gasteiger partial charge < -0.3 is 4.90 Å². The van der Waals surface area contributed by atoms with Crippen LogP contribution in [0, 0.1) is 5.92 Å². The Morgan fingerprint density at radius 3 is 1.77 bits per heavy atom. The smallest absolute Gasteiger partial charge is 0.225 e. The standard InChI is InChI=1S/C13H24N2O5S2/c1-21(17,18)12-5-7-14(8-6-12)13(16)11-3-9-15(10-4-11)22(2,19)20/h11-12H,3-10H2,1-2H3. The molecule has 0 bridgehead atoms. The largest absolute Gasteiger partial charge is 0.342 e. The number of sulfone groups is 1. The van der Waals surface area contributed by atoms with Crippen LogP contribution in [0.15, 0.2) is 0 Å². The quantitative estimate of drug-likeness (QED) is 0.695. The Labute approximate surface area is 132 Å². The molecule has 9 heteroatoms. The molecule has 0 atom stereocenters. The zero-order valence-electron chi connectivity index (χ0n) is 13.1. The number of rotatable bonds is 3.